The lowest BCUT2D eigenvalue weighted by Crippen LogP contribution is -2.36. The summed E-state index contributed by atoms with van der Waals surface area (Å²) in [5.74, 6) is 1.23. The van der Waals surface area contributed by atoms with Crippen molar-refractivity contribution in [1.29, 1.82) is 0 Å². The lowest BCUT2D eigenvalue weighted by Gasteiger charge is -2.32. The Bertz CT molecular complexity index is 208. The average molecular weight is 168 g/mol. The standard InChI is InChI=1S/C10H16O2/c1-10(12)5-4-7-2-3-8(11)6-9(7)10/h7,9,12H,2-6H2,1H3/t7-,9-,10+/m1/s1. The van der Waals surface area contributed by atoms with Gasteiger partial charge in [-0.15, -0.1) is 0 Å². The van der Waals surface area contributed by atoms with Gasteiger partial charge in [0.25, 0.3) is 0 Å². The van der Waals surface area contributed by atoms with Crippen LogP contribution in [0.15, 0.2) is 0 Å². The molecule has 0 amide bonds. The fourth-order valence-electron chi connectivity index (χ4n) is 2.80. The van der Waals surface area contributed by atoms with Crippen LogP contribution in [-0.4, -0.2) is 16.5 Å². The summed E-state index contributed by atoms with van der Waals surface area (Å²) in [4.78, 5) is 11.2. The van der Waals surface area contributed by atoms with Crippen LogP contribution < -0.4 is 0 Å². The molecule has 12 heavy (non-hydrogen) atoms. The summed E-state index contributed by atoms with van der Waals surface area (Å²) in [7, 11) is 0. The van der Waals surface area contributed by atoms with E-state index >= 15 is 0 Å². The summed E-state index contributed by atoms with van der Waals surface area (Å²) in [5.41, 5.74) is -0.555. The third-order valence-electron chi connectivity index (χ3n) is 3.63. The molecular formula is C10H16O2. The topological polar surface area (TPSA) is 37.3 Å². The van der Waals surface area contributed by atoms with Crippen molar-refractivity contribution in [3.05, 3.63) is 0 Å². The maximum atomic E-state index is 11.2. The number of fused-ring (bicyclic) bond motifs is 1. The fourth-order valence-corrected chi connectivity index (χ4v) is 2.80. The molecule has 0 aromatic carbocycles. The summed E-state index contributed by atoms with van der Waals surface area (Å²) in [6.45, 7) is 1.89. The minimum Gasteiger partial charge on any atom is -0.390 e. The Balaban J connectivity index is 2.15. The normalized spacial score (nSPS) is 47.7. The Morgan fingerprint density at radius 3 is 3.00 bits per heavy atom. The Morgan fingerprint density at radius 2 is 2.25 bits per heavy atom. The summed E-state index contributed by atoms with van der Waals surface area (Å²) in [6.07, 6.45) is 4.38. The second kappa shape index (κ2) is 2.56. The first-order valence-corrected chi connectivity index (χ1v) is 4.84. The van der Waals surface area contributed by atoms with Gasteiger partial charge >= 0.3 is 0 Å². The van der Waals surface area contributed by atoms with Crippen molar-refractivity contribution >= 4 is 5.78 Å². The fraction of sp³-hybridized carbons (Fsp3) is 0.900. The second-order valence-electron chi connectivity index (χ2n) is 4.54. The van der Waals surface area contributed by atoms with E-state index in [2.05, 4.69) is 0 Å². The Morgan fingerprint density at radius 1 is 1.50 bits per heavy atom. The average Bonchev–Trinajstić information content (AvgIpc) is 2.28. The van der Waals surface area contributed by atoms with Crippen LogP contribution in [0.4, 0.5) is 0 Å². The molecule has 2 saturated carbocycles. The first-order chi connectivity index (χ1) is 5.59. The van der Waals surface area contributed by atoms with Crippen LogP contribution in [0.3, 0.4) is 0 Å². The molecule has 0 bridgehead atoms. The van der Waals surface area contributed by atoms with E-state index in [0.29, 0.717) is 18.1 Å². The Kier molecular flexibility index (Phi) is 1.76. The zero-order valence-electron chi connectivity index (χ0n) is 7.55. The van der Waals surface area contributed by atoms with E-state index in [9.17, 15) is 9.90 Å². The smallest absolute Gasteiger partial charge is 0.133 e. The lowest BCUT2D eigenvalue weighted by atomic mass is 9.76. The highest BCUT2D eigenvalue weighted by Crippen LogP contribution is 2.46. The highest BCUT2D eigenvalue weighted by atomic mass is 16.3. The van der Waals surface area contributed by atoms with Gasteiger partial charge in [-0.3, -0.25) is 4.79 Å². The predicted octanol–water partition coefficient (Wildman–Crippen LogP) is 1.52. The van der Waals surface area contributed by atoms with Gasteiger partial charge in [0.1, 0.15) is 5.78 Å². The van der Waals surface area contributed by atoms with Crippen molar-refractivity contribution in [1.82, 2.24) is 0 Å². The van der Waals surface area contributed by atoms with Crippen molar-refractivity contribution in [2.24, 2.45) is 11.8 Å². The first-order valence-electron chi connectivity index (χ1n) is 4.84. The van der Waals surface area contributed by atoms with E-state index in [0.717, 1.165) is 25.7 Å². The van der Waals surface area contributed by atoms with Crippen LogP contribution in [0, 0.1) is 11.8 Å². The molecule has 68 valence electrons. The zero-order valence-corrected chi connectivity index (χ0v) is 7.55. The number of hydrogen-bond donors (Lipinski definition) is 1. The van der Waals surface area contributed by atoms with Crippen molar-refractivity contribution in [3.63, 3.8) is 0 Å². The molecule has 2 aliphatic carbocycles. The third-order valence-corrected chi connectivity index (χ3v) is 3.63. The van der Waals surface area contributed by atoms with E-state index in [4.69, 9.17) is 0 Å². The molecule has 3 atom stereocenters. The third kappa shape index (κ3) is 1.18. The predicted molar refractivity (Wildman–Crippen MR) is 45.7 cm³/mol. The van der Waals surface area contributed by atoms with E-state index in [1.807, 2.05) is 6.92 Å². The van der Waals surface area contributed by atoms with E-state index < -0.39 is 5.60 Å². The van der Waals surface area contributed by atoms with Gasteiger partial charge in [-0.1, -0.05) is 0 Å². The molecule has 0 spiro atoms. The van der Waals surface area contributed by atoms with Crippen LogP contribution in [0.2, 0.25) is 0 Å². The number of hydrogen-bond acceptors (Lipinski definition) is 2. The zero-order chi connectivity index (χ0) is 8.77. The monoisotopic (exact) mass is 168 g/mol. The van der Waals surface area contributed by atoms with Crippen LogP contribution in [-0.2, 0) is 4.79 Å². The lowest BCUT2D eigenvalue weighted by molar-refractivity contribution is -0.125. The molecule has 1 N–H and O–H groups in total. The Labute approximate surface area is 73.0 Å². The molecule has 2 fully saturated rings. The van der Waals surface area contributed by atoms with Crippen LogP contribution in [0.5, 0.6) is 0 Å². The summed E-state index contributed by atoms with van der Waals surface area (Å²) >= 11 is 0. The SMILES string of the molecule is C[C@]1(O)CC[C@H]2CCC(=O)C[C@H]21. The van der Waals surface area contributed by atoms with Gasteiger partial charge in [-0.25, -0.2) is 0 Å². The number of carbonyl (C=O) groups is 1. The van der Waals surface area contributed by atoms with E-state index in [1.165, 1.54) is 0 Å². The molecule has 0 aromatic heterocycles. The van der Waals surface area contributed by atoms with Crippen LogP contribution in [0.1, 0.15) is 39.0 Å². The van der Waals surface area contributed by atoms with E-state index in [-0.39, 0.29) is 5.92 Å². The highest BCUT2D eigenvalue weighted by molar-refractivity contribution is 5.79. The molecule has 0 heterocycles. The molecule has 0 aliphatic heterocycles. The van der Waals surface area contributed by atoms with Crippen LogP contribution in [0.25, 0.3) is 0 Å². The maximum Gasteiger partial charge on any atom is 0.133 e. The van der Waals surface area contributed by atoms with Crippen LogP contribution >= 0.6 is 0 Å². The second-order valence-corrected chi connectivity index (χ2v) is 4.54. The summed E-state index contributed by atoms with van der Waals surface area (Å²) in [6, 6.07) is 0. The molecule has 2 heteroatoms. The maximum absolute atomic E-state index is 11.2. The first kappa shape index (κ1) is 8.24. The number of Topliss-reactive ketones (excluding diaryl/α,β-unsaturated/α-hetero) is 1. The van der Waals surface area contributed by atoms with Gasteiger partial charge in [0.2, 0.25) is 0 Å². The molecule has 0 aromatic rings. The molecule has 0 saturated heterocycles. The molecule has 2 aliphatic rings. The number of rotatable bonds is 0. The van der Waals surface area contributed by atoms with Gasteiger partial charge in [0.15, 0.2) is 0 Å². The van der Waals surface area contributed by atoms with Gasteiger partial charge in [-0.2, -0.15) is 0 Å². The quantitative estimate of drug-likeness (QED) is 0.595. The number of aliphatic hydroxyl groups is 1. The summed E-state index contributed by atoms with van der Waals surface area (Å²) in [5, 5.41) is 9.96. The Hall–Kier alpha value is -0.370. The number of ketones is 1. The minimum atomic E-state index is -0.555. The van der Waals surface area contributed by atoms with Gasteiger partial charge in [0, 0.05) is 12.8 Å². The van der Waals surface area contributed by atoms with Crippen molar-refractivity contribution in [2.75, 3.05) is 0 Å². The van der Waals surface area contributed by atoms with Crippen molar-refractivity contribution < 1.29 is 9.90 Å². The molecule has 0 radical (unpaired) electrons. The van der Waals surface area contributed by atoms with Crippen molar-refractivity contribution in [3.8, 4) is 0 Å². The molecular weight excluding hydrogens is 152 g/mol. The number of carbonyl (C=O) groups excluding carboxylic acids is 1. The van der Waals surface area contributed by atoms with E-state index in [1.54, 1.807) is 0 Å². The molecule has 0 unspecified atom stereocenters. The molecule has 2 nitrogen and oxygen atoms in total. The minimum absolute atomic E-state index is 0.263. The largest absolute Gasteiger partial charge is 0.390 e. The molecule has 2 rings (SSSR count). The highest BCUT2D eigenvalue weighted by Gasteiger charge is 2.46. The summed E-state index contributed by atoms with van der Waals surface area (Å²) < 4.78 is 0. The van der Waals surface area contributed by atoms with Gasteiger partial charge in [0.05, 0.1) is 5.60 Å². The van der Waals surface area contributed by atoms with Crippen molar-refractivity contribution in [2.45, 2.75) is 44.6 Å². The van der Waals surface area contributed by atoms with Gasteiger partial charge < -0.3 is 5.11 Å². The van der Waals surface area contributed by atoms with Gasteiger partial charge in [-0.05, 0) is 38.0 Å².